The number of nitrogens with zero attached hydrogens (tertiary/aromatic N) is 2. The Morgan fingerprint density at radius 1 is 0.600 bits per heavy atom. The molecule has 0 fully saturated rings. The number of aromatic nitrogens is 2. The smallest absolute Gasteiger partial charge is 0.0543 e. The quantitative estimate of drug-likeness (QED) is 0.160. The number of benzene rings is 6. The molecule has 6 aromatic carbocycles. The molecule has 240 valence electrons. The van der Waals surface area contributed by atoms with Gasteiger partial charge < -0.3 is 9.13 Å². The molecule has 9 rings (SSSR count). The highest BCUT2D eigenvalue weighted by Gasteiger charge is 2.24. The molecule has 1 aliphatic carbocycles. The van der Waals surface area contributed by atoms with Crippen molar-refractivity contribution < 1.29 is 0 Å². The molecule has 0 spiro atoms. The van der Waals surface area contributed by atoms with Crippen LogP contribution in [0.2, 0.25) is 0 Å². The molecule has 8 aromatic rings. The minimum Gasteiger partial charge on any atom is -0.313 e. The lowest BCUT2D eigenvalue weighted by molar-refractivity contribution is 0.825. The van der Waals surface area contributed by atoms with Crippen LogP contribution in [0.3, 0.4) is 0 Å². The molecule has 0 saturated heterocycles. The fourth-order valence-corrected chi connectivity index (χ4v) is 7.92. The van der Waals surface area contributed by atoms with E-state index >= 15 is 0 Å². The summed E-state index contributed by atoms with van der Waals surface area (Å²) in [5, 5.41) is 3.85. The van der Waals surface area contributed by atoms with Gasteiger partial charge in [-0.25, -0.2) is 0 Å². The maximum absolute atomic E-state index is 2.45. The van der Waals surface area contributed by atoms with Crippen molar-refractivity contribution in [2.24, 2.45) is 0 Å². The van der Waals surface area contributed by atoms with Crippen molar-refractivity contribution in [1.29, 1.82) is 0 Å². The third-order valence-electron chi connectivity index (χ3n) is 10.4. The molecular weight excluding hydrogens is 605 g/mol. The van der Waals surface area contributed by atoms with Crippen LogP contribution < -0.4 is 0 Å². The first-order valence-electron chi connectivity index (χ1n) is 17.6. The first-order valence-corrected chi connectivity index (χ1v) is 17.6. The van der Waals surface area contributed by atoms with Gasteiger partial charge in [-0.15, -0.1) is 0 Å². The largest absolute Gasteiger partial charge is 0.313 e. The highest BCUT2D eigenvalue weighted by Crippen LogP contribution is 2.41. The number of hydrogen-bond donors (Lipinski definition) is 0. The lowest BCUT2D eigenvalue weighted by Gasteiger charge is -2.19. The third kappa shape index (κ3) is 5.04. The summed E-state index contributed by atoms with van der Waals surface area (Å²) < 4.78 is 4.87. The molecule has 2 heterocycles. The van der Waals surface area contributed by atoms with Gasteiger partial charge in [0.2, 0.25) is 0 Å². The fourth-order valence-electron chi connectivity index (χ4n) is 7.92. The Balaban J connectivity index is 1.22. The summed E-state index contributed by atoms with van der Waals surface area (Å²) in [7, 11) is 0. The Hall–Kier alpha value is -6.12. The van der Waals surface area contributed by atoms with E-state index in [9.17, 15) is 0 Å². The molecular formula is C48H38N2. The van der Waals surface area contributed by atoms with Crippen LogP contribution in [0.25, 0.3) is 72.4 Å². The normalized spacial score (nSPS) is 14.7. The lowest BCUT2D eigenvalue weighted by atomic mass is 9.86. The van der Waals surface area contributed by atoms with Crippen LogP contribution in [0.4, 0.5) is 0 Å². The van der Waals surface area contributed by atoms with Gasteiger partial charge in [-0.1, -0.05) is 127 Å². The minimum absolute atomic E-state index is 0.365. The van der Waals surface area contributed by atoms with Crippen molar-refractivity contribution in [3.63, 3.8) is 0 Å². The summed E-state index contributed by atoms with van der Waals surface area (Å²) in [4.78, 5) is 0. The zero-order chi connectivity index (χ0) is 33.6. The molecule has 50 heavy (non-hydrogen) atoms. The maximum atomic E-state index is 2.45. The van der Waals surface area contributed by atoms with Crippen LogP contribution >= 0.6 is 0 Å². The molecule has 1 aliphatic rings. The first-order chi connectivity index (χ1) is 24.7. The van der Waals surface area contributed by atoms with Gasteiger partial charge in [-0.05, 0) is 102 Å². The molecule has 0 N–H and O–H groups in total. The SMILES string of the molecule is C/C=C\C=C(/C)n1c2ccc(-c3ccccc3)cc2c2ccc(-c3ccc4c5c(n(-c6ccccc6)c4c3)C=CC(c3ccccc3)C5)cc21. The van der Waals surface area contributed by atoms with Gasteiger partial charge in [0.25, 0.3) is 0 Å². The minimum atomic E-state index is 0.365. The molecule has 2 heteroatoms. The molecule has 0 aliphatic heterocycles. The number of fused-ring (bicyclic) bond motifs is 6. The van der Waals surface area contributed by atoms with E-state index in [2.05, 4.69) is 199 Å². The molecule has 2 aromatic heterocycles. The fraction of sp³-hybridized carbons (Fsp3) is 0.0833. The molecule has 0 amide bonds. The average Bonchev–Trinajstić information content (AvgIpc) is 3.69. The topological polar surface area (TPSA) is 9.86 Å². The number of para-hydroxylation sites is 1. The van der Waals surface area contributed by atoms with E-state index in [0.717, 1.165) is 6.42 Å². The number of allylic oxidation sites excluding steroid dienone is 5. The lowest BCUT2D eigenvalue weighted by Crippen LogP contribution is -2.07. The highest BCUT2D eigenvalue weighted by atomic mass is 15.0. The zero-order valence-corrected chi connectivity index (χ0v) is 28.4. The van der Waals surface area contributed by atoms with Crippen LogP contribution in [0.1, 0.15) is 36.6 Å². The van der Waals surface area contributed by atoms with Crippen molar-refractivity contribution in [2.45, 2.75) is 26.2 Å². The van der Waals surface area contributed by atoms with Gasteiger partial charge in [0, 0.05) is 39.2 Å². The molecule has 0 saturated carbocycles. The Morgan fingerprint density at radius 2 is 1.24 bits per heavy atom. The summed E-state index contributed by atoms with van der Waals surface area (Å²) in [5.41, 5.74) is 15.0. The highest BCUT2D eigenvalue weighted by molar-refractivity contribution is 6.12. The number of hydrogen-bond acceptors (Lipinski definition) is 0. The van der Waals surface area contributed by atoms with Crippen molar-refractivity contribution >= 4 is 44.5 Å². The van der Waals surface area contributed by atoms with Gasteiger partial charge in [-0.2, -0.15) is 0 Å². The van der Waals surface area contributed by atoms with Crippen molar-refractivity contribution in [1.82, 2.24) is 9.13 Å². The predicted molar refractivity (Wildman–Crippen MR) is 214 cm³/mol. The van der Waals surface area contributed by atoms with Crippen LogP contribution in [0.15, 0.2) is 170 Å². The summed E-state index contributed by atoms with van der Waals surface area (Å²) in [6, 6.07) is 53.3. The average molecular weight is 643 g/mol. The molecule has 1 atom stereocenters. The summed E-state index contributed by atoms with van der Waals surface area (Å²) >= 11 is 0. The predicted octanol–water partition coefficient (Wildman–Crippen LogP) is 12.9. The van der Waals surface area contributed by atoms with E-state index in [0.29, 0.717) is 5.92 Å². The van der Waals surface area contributed by atoms with Gasteiger partial charge in [0.1, 0.15) is 0 Å². The van der Waals surface area contributed by atoms with E-state index in [1.54, 1.807) is 0 Å². The van der Waals surface area contributed by atoms with E-state index < -0.39 is 0 Å². The second kappa shape index (κ2) is 12.4. The van der Waals surface area contributed by atoms with E-state index in [1.165, 1.54) is 83.2 Å². The molecule has 1 unspecified atom stereocenters. The molecule has 2 nitrogen and oxygen atoms in total. The molecule has 0 radical (unpaired) electrons. The summed E-state index contributed by atoms with van der Waals surface area (Å²) in [6.07, 6.45) is 12.1. The van der Waals surface area contributed by atoms with Gasteiger partial charge >= 0.3 is 0 Å². The van der Waals surface area contributed by atoms with Gasteiger partial charge in [0.05, 0.1) is 16.6 Å². The van der Waals surface area contributed by atoms with Crippen LogP contribution in [-0.2, 0) is 6.42 Å². The van der Waals surface area contributed by atoms with Crippen LogP contribution in [0.5, 0.6) is 0 Å². The Morgan fingerprint density at radius 3 is 1.98 bits per heavy atom. The van der Waals surface area contributed by atoms with Gasteiger partial charge in [0.15, 0.2) is 0 Å². The standard InChI is InChI=1S/C48H38N2/c1-3-4-14-33(2)49-45-27-23-36(34-15-8-5-9-16-34)29-43(45)41-25-21-38(31-47(41)49)39-22-26-42-44-30-37(35-17-10-6-11-18-35)24-28-46(44)50(48(42)32-39)40-19-12-7-13-20-40/h3-29,31-32,37H,30H2,1-2H3/b4-3-,33-14+. The van der Waals surface area contributed by atoms with Gasteiger partial charge in [-0.3, -0.25) is 0 Å². The number of rotatable bonds is 6. The monoisotopic (exact) mass is 642 g/mol. The first kappa shape index (κ1) is 30.0. The van der Waals surface area contributed by atoms with E-state index in [1.807, 2.05) is 0 Å². The Labute approximate surface area is 293 Å². The zero-order valence-electron chi connectivity index (χ0n) is 28.4. The molecule has 0 bridgehead atoms. The van der Waals surface area contributed by atoms with Crippen LogP contribution in [-0.4, -0.2) is 9.13 Å². The Bertz CT molecular complexity index is 2610. The van der Waals surface area contributed by atoms with Crippen LogP contribution in [0, 0.1) is 0 Å². The second-order valence-corrected chi connectivity index (χ2v) is 13.3. The van der Waals surface area contributed by atoms with E-state index in [-0.39, 0.29) is 0 Å². The maximum Gasteiger partial charge on any atom is 0.0543 e. The second-order valence-electron chi connectivity index (χ2n) is 13.3. The summed E-state index contributed by atoms with van der Waals surface area (Å²) in [5.74, 6) is 0.365. The third-order valence-corrected chi connectivity index (χ3v) is 10.4. The van der Waals surface area contributed by atoms with Crippen molar-refractivity contribution in [3.8, 4) is 27.9 Å². The summed E-state index contributed by atoms with van der Waals surface area (Å²) in [6.45, 7) is 4.27. The Kier molecular flexibility index (Phi) is 7.43. The van der Waals surface area contributed by atoms with Crippen molar-refractivity contribution in [2.75, 3.05) is 0 Å². The van der Waals surface area contributed by atoms with E-state index in [4.69, 9.17) is 0 Å². The van der Waals surface area contributed by atoms with Crippen molar-refractivity contribution in [3.05, 3.63) is 187 Å².